The molecule has 0 unspecified atom stereocenters. The predicted molar refractivity (Wildman–Crippen MR) is 124 cm³/mol. The zero-order chi connectivity index (χ0) is 22.2. The second-order valence-corrected chi connectivity index (χ2v) is 7.06. The lowest BCUT2D eigenvalue weighted by molar-refractivity contribution is 0.102. The first-order valence-electron chi connectivity index (χ1n) is 10.3. The minimum atomic E-state index is -0.226. The van der Waals surface area contributed by atoms with Crippen LogP contribution in [0.25, 0.3) is 11.3 Å². The van der Waals surface area contributed by atoms with Gasteiger partial charge in [-0.25, -0.2) is 9.97 Å². The van der Waals surface area contributed by atoms with Crippen LogP contribution in [0.5, 0.6) is 11.6 Å². The molecule has 0 atom stereocenters. The second kappa shape index (κ2) is 10.2. The van der Waals surface area contributed by atoms with Crippen LogP contribution in [0.2, 0.25) is 0 Å². The van der Waals surface area contributed by atoms with Crippen molar-refractivity contribution in [1.29, 1.82) is 0 Å². The Labute approximate surface area is 186 Å². The van der Waals surface area contributed by atoms with E-state index < -0.39 is 0 Å². The van der Waals surface area contributed by atoms with Crippen LogP contribution in [-0.4, -0.2) is 29.6 Å². The first-order chi connectivity index (χ1) is 15.7. The van der Waals surface area contributed by atoms with E-state index in [2.05, 4.69) is 15.3 Å². The van der Waals surface area contributed by atoms with Crippen LogP contribution in [-0.2, 0) is 6.42 Å². The van der Waals surface area contributed by atoms with Gasteiger partial charge < -0.3 is 14.8 Å². The van der Waals surface area contributed by atoms with Crippen LogP contribution in [0.15, 0.2) is 91.1 Å². The van der Waals surface area contributed by atoms with Crippen LogP contribution in [0.3, 0.4) is 0 Å². The Kier molecular flexibility index (Phi) is 6.72. The van der Waals surface area contributed by atoms with Crippen molar-refractivity contribution in [2.45, 2.75) is 6.42 Å². The van der Waals surface area contributed by atoms with Crippen molar-refractivity contribution in [1.82, 2.24) is 9.97 Å². The highest BCUT2D eigenvalue weighted by Gasteiger charge is 2.09. The summed E-state index contributed by atoms with van der Waals surface area (Å²) in [6, 6.07) is 26.2. The standard InChI is InChI=1S/C26H23N3O3/c1-31-22-10-4-7-19(17-22)14-16-32-25-13-6-11-23(28-25)20-8-5-9-21(18-20)26(30)29-24-12-2-3-15-27-24/h2-13,15,17-18H,14,16H2,1H3,(H,27,29,30). The van der Waals surface area contributed by atoms with Gasteiger partial charge in [-0.05, 0) is 48.0 Å². The molecule has 0 fully saturated rings. The van der Waals surface area contributed by atoms with E-state index in [9.17, 15) is 4.79 Å². The lowest BCUT2D eigenvalue weighted by atomic mass is 10.1. The SMILES string of the molecule is COc1cccc(CCOc2cccc(-c3cccc(C(=O)Nc4ccccn4)c3)n2)c1. The van der Waals surface area contributed by atoms with Crippen molar-refractivity contribution >= 4 is 11.7 Å². The van der Waals surface area contributed by atoms with Gasteiger partial charge in [-0.2, -0.15) is 0 Å². The highest BCUT2D eigenvalue weighted by molar-refractivity contribution is 6.04. The quantitative estimate of drug-likeness (QED) is 0.429. The summed E-state index contributed by atoms with van der Waals surface area (Å²) in [5, 5.41) is 2.80. The van der Waals surface area contributed by atoms with Crippen LogP contribution >= 0.6 is 0 Å². The Hall–Kier alpha value is -4.19. The molecule has 0 aliphatic rings. The number of ether oxygens (including phenoxy) is 2. The number of nitrogens with one attached hydrogen (secondary N) is 1. The van der Waals surface area contributed by atoms with E-state index in [-0.39, 0.29) is 5.91 Å². The fourth-order valence-corrected chi connectivity index (χ4v) is 3.20. The molecule has 4 aromatic rings. The van der Waals surface area contributed by atoms with E-state index in [4.69, 9.17) is 9.47 Å². The lowest BCUT2D eigenvalue weighted by Gasteiger charge is -2.09. The molecule has 2 aromatic carbocycles. The Morgan fingerprint density at radius 3 is 2.66 bits per heavy atom. The highest BCUT2D eigenvalue weighted by atomic mass is 16.5. The van der Waals surface area contributed by atoms with Gasteiger partial charge in [-0.1, -0.05) is 36.4 Å². The number of benzene rings is 2. The molecule has 32 heavy (non-hydrogen) atoms. The van der Waals surface area contributed by atoms with Gasteiger partial charge in [0.1, 0.15) is 11.6 Å². The molecular formula is C26H23N3O3. The number of aromatic nitrogens is 2. The largest absolute Gasteiger partial charge is 0.497 e. The molecule has 4 rings (SSSR count). The van der Waals surface area contributed by atoms with Crippen molar-refractivity contribution in [2.75, 3.05) is 19.0 Å². The van der Waals surface area contributed by atoms with Gasteiger partial charge in [0.15, 0.2) is 0 Å². The number of methoxy groups -OCH3 is 1. The number of pyridine rings is 2. The third kappa shape index (κ3) is 5.49. The average molecular weight is 425 g/mol. The second-order valence-electron chi connectivity index (χ2n) is 7.06. The minimum absolute atomic E-state index is 0.226. The molecule has 6 heteroatoms. The lowest BCUT2D eigenvalue weighted by Crippen LogP contribution is -2.12. The number of amides is 1. The number of carbonyl (C=O) groups excluding carboxylic acids is 1. The van der Waals surface area contributed by atoms with E-state index in [1.54, 1.807) is 37.6 Å². The number of hydrogen-bond donors (Lipinski definition) is 1. The van der Waals surface area contributed by atoms with Crippen LogP contribution in [0, 0.1) is 0 Å². The van der Waals surface area contributed by atoms with Gasteiger partial charge >= 0.3 is 0 Å². The topological polar surface area (TPSA) is 73.3 Å². The Morgan fingerprint density at radius 1 is 0.938 bits per heavy atom. The third-order valence-electron chi connectivity index (χ3n) is 4.83. The maximum Gasteiger partial charge on any atom is 0.256 e. The van der Waals surface area contributed by atoms with Crippen molar-refractivity contribution in [3.8, 4) is 22.9 Å². The zero-order valence-electron chi connectivity index (χ0n) is 17.7. The van der Waals surface area contributed by atoms with Gasteiger partial charge in [0.05, 0.1) is 19.4 Å². The number of hydrogen-bond acceptors (Lipinski definition) is 5. The van der Waals surface area contributed by atoms with E-state index in [1.165, 1.54) is 0 Å². The van der Waals surface area contributed by atoms with Gasteiger partial charge in [-0.15, -0.1) is 0 Å². The Morgan fingerprint density at radius 2 is 1.81 bits per heavy atom. The molecule has 0 aliphatic carbocycles. The number of carbonyl (C=O) groups is 1. The van der Waals surface area contributed by atoms with Crippen LogP contribution in [0.4, 0.5) is 5.82 Å². The summed E-state index contributed by atoms with van der Waals surface area (Å²) in [5.41, 5.74) is 3.22. The summed E-state index contributed by atoms with van der Waals surface area (Å²) in [6.45, 7) is 0.496. The zero-order valence-corrected chi connectivity index (χ0v) is 17.7. The Balaban J connectivity index is 1.42. The summed E-state index contributed by atoms with van der Waals surface area (Å²) in [7, 11) is 1.65. The van der Waals surface area contributed by atoms with Gasteiger partial charge in [0.25, 0.3) is 5.91 Å². The fraction of sp³-hybridized carbons (Fsp3) is 0.115. The normalized spacial score (nSPS) is 10.4. The summed E-state index contributed by atoms with van der Waals surface area (Å²) in [5.74, 6) is 1.65. The monoisotopic (exact) mass is 425 g/mol. The number of anilines is 1. The summed E-state index contributed by atoms with van der Waals surface area (Å²) in [4.78, 5) is 21.3. The smallest absolute Gasteiger partial charge is 0.256 e. The summed E-state index contributed by atoms with van der Waals surface area (Å²) >= 11 is 0. The van der Waals surface area contributed by atoms with E-state index in [0.717, 1.165) is 29.0 Å². The van der Waals surface area contributed by atoms with E-state index in [1.807, 2.05) is 60.7 Å². The first kappa shape index (κ1) is 21.1. The van der Waals surface area contributed by atoms with Gasteiger partial charge in [-0.3, -0.25) is 4.79 Å². The highest BCUT2D eigenvalue weighted by Crippen LogP contribution is 2.22. The molecule has 1 amide bonds. The summed E-state index contributed by atoms with van der Waals surface area (Å²) in [6.07, 6.45) is 2.38. The van der Waals surface area contributed by atoms with Gasteiger partial charge in [0, 0.05) is 29.8 Å². The molecule has 0 radical (unpaired) electrons. The molecule has 0 bridgehead atoms. The molecule has 0 saturated carbocycles. The maximum atomic E-state index is 12.6. The Bertz CT molecular complexity index is 1200. The average Bonchev–Trinajstić information content (AvgIpc) is 2.85. The molecule has 160 valence electrons. The molecule has 2 aromatic heterocycles. The molecule has 0 aliphatic heterocycles. The van der Waals surface area contributed by atoms with Crippen molar-refractivity contribution in [2.24, 2.45) is 0 Å². The molecule has 0 spiro atoms. The van der Waals surface area contributed by atoms with E-state index >= 15 is 0 Å². The minimum Gasteiger partial charge on any atom is -0.497 e. The van der Waals surface area contributed by atoms with E-state index in [0.29, 0.717) is 23.9 Å². The molecule has 2 heterocycles. The van der Waals surface area contributed by atoms with Crippen LogP contribution < -0.4 is 14.8 Å². The number of rotatable bonds is 8. The number of nitrogens with zero attached hydrogens (tertiary/aromatic N) is 2. The summed E-state index contributed by atoms with van der Waals surface area (Å²) < 4.78 is 11.1. The molecule has 0 saturated heterocycles. The van der Waals surface area contributed by atoms with Crippen LogP contribution in [0.1, 0.15) is 15.9 Å². The van der Waals surface area contributed by atoms with Gasteiger partial charge in [0.2, 0.25) is 5.88 Å². The first-order valence-corrected chi connectivity index (χ1v) is 10.3. The maximum absolute atomic E-state index is 12.6. The van der Waals surface area contributed by atoms with Crippen molar-refractivity contribution in [3.05, 3.63) is 102 Å². The predicted octanol–water partition coefficient (Wildman–Crippen LogP) is 5.03. The molecular weight excluding hydrogens is 402 g/mol. The third-order valence-corrected chi connectivity index (χ3v) is 4.83. The molecule has 6 nitrogen and oxygen atoms in total. The van der Waals surface area contributed by atoms with Crippen molar-refractivity contribution in [3.63, 3.8) is 0 Å². The molecule has 1 N–H and O–H groups in total. The van der Waals surface area contributed by atoms with Crippen molar-refractivity contribution < 1.29 is 14.3 Å². The fourth-order valence-electron chi connectivity index (χ4n) is 3.20.